The zero-order chi connectivity index (χ0) is 14.4. The number of morpholine rings is 1. The summed E-state index contributed by atoms with van der Waals surface area (Å²) in [5, 5.41) is 8.69. The number of benzene rings is 1. The summed E-state index contributed by atoms with van der Waals surface area (Å²) in [6, 6.07) is 7.50. The minimum Gasteiger partial charge on any atom is -0.482 e. The zero-order valence-electron chi connectivity index (χ0n) is 11.3. The minimum absolute atomic E-state index is 0.0656. The molecule has 20 heavy (non-hydrogen) atoms. The molecule has 110 valence electrons. The molecule has 0 saturated carbocycles. The Balaban J connectivity index is 1.99. The molecule has 6 nitrogen and oxygen atoms in total. The summed E-state index contributed by atoms with van der Waals surface area (Å²) in [6.45, 7) is 3.17. The average Bonchev–Trinajstić information content (AvgIpc) is 2.46. The second-order valence-electron chi connectivity index (χ2n) is 4.75. The lowest BCUT2D eigenvalue weighted by molar-refractivity contribution is -0.139. The molecular weight excluding hydrogens is 260 g/mol. The third kappa shape index (κ3) is 4.19. The molecule has 1 aromatic carbocycles. The van der Waals surface area contributed by atoms with Gasteiger partial charge in [0.05, 0.1) is 12.7 Å². The number of ether oxygens (including phenoxy) is 2. The topological polar surface area (TPSA) is 85.0 Å². The summed E-state index contributed by atoms with van der Waals surface area (Å²) in [5.74, 6) is -0.361. The van der Waals surface area contributed by atoms with Crippen LogP contribution in [0.3, 0.4) is 0 Å². The van der Waals surface area contributed by atoms with E-state index in [4.69, 9.17) is 20.3 Å². The largest absolute Gasteiger partial charge is 0.482 e. The predicted molar refractivity (Wildman–Crippen MR) is 73.6 cm³/mol. The third-order valence-corrected chi connectivity index (χ3v) is 3.20. The van der Waals surface area contributed by atoms with Gasteiger partial charge in [-0.2, -0.15) is 0 Å². The molecule has 6 heteroatoms. The van der Waals surface area contributed by atoms with E-state index in [0.717, 1.165) is 18.7 Å². The molecule has 1 unspecified atom stereocenters. The van der Waals surface area contributed by atoms with Crippen LogP contribution in [0, 0.1) is 0 Å². The molecule has 0 amide bonds. The van der Waals surface area contributed by atoms with E-state index >= 15 is 0 Å². The van der Waals surface area contributed by atoms with Gasteiger partial charge in [0, 0.05) is 31.7 Å². The average molecular weight is 280 g/mol. The van der Waals surface area contributed by atoms with Crippen molar-refractivity contribution < 1.29 is 19.4 Å². The van der Waals surface area contributed by atoms with Crippen molar-refractivity contribution in [2.45, 2.75) is 12.6 Å². The summed E-state index contributed by atoms with van der Waals surface area (Å²) in [5.41, 5.74) is 6.61. The van der Waals surface area contributed by atoms with Gasteiger partial charge in [0.1, 0.15) is 5.75 Å². The molecule has 0 aromatic heterocycles. The van der Waals surface area contributed by atoms with E-state index < -0.39 is 5.97 Å². The quantitative estimate of drug-likeness (QED) is 0.780. The van der Waals surface area contributed by atoms with Crippen molar-refractivity contribution in [2.75, 3.05) is 32.8 Å². The first-order valence-corrected chi connectivity index (χ1v) is 6.65. The lowest BCUT2D eigenvalue weighted by Crippen LogP contribution is -2.45. The van der Waals surface area contributed by atoms with Crippen LogP contribution >= 0.6 is 0 Å². The lowest BCUT2D eigenvalue weighted by Gasteiger charge is -2.32. The number of rotatable bonds is 6. The van der Waals surface area contributed by atoms with E-state index in [1.54, 1.807) is 6.07 Å². The molecule has 1 aliphatic heterocycles. The molecule has 1 atom stereocenters. The van der Waals surface area contributed by atoms with Crippen LogP contribution < -0.4 is 10.5 Å². The van der Waals surface area contributed by atoms with Crippen LogP contribution in [0.2, 0.25) is 0 Å². The van der Waals surface area contributed by atoms with E-state index in [1.807, 2.05) is 18.2 Å². The second kappa shape index (κ2) is 7.23. The van der Waals surface area contributed by atoms with Crippen molar-refractivity contribution in [3.8, 4) is 5.75 Å². The minimum atomic E-state index is -0.977. The Morgan fingerprint density at radius 2 is 2.30 bits per heavy atom. The van der Waals surface area contributed by atoms with Gasteiger partial charge in [0.25, 0.3) is 0 Å². The molecule has 0 spiro atoms. The highest BCUT2D eigenvalue weighted by Gasteiger charge is 2.20. The van der Waals surface area contributed by atoms with Crippen molar-refractivity contribution in [1.82, 2.24) is 4.90 Å². The van der Waals surface area contributed by atoms with E-state index in [1.165, 1.54) is 0 Å². The number of aliphatic carboxylic acids is 1. The fourth-order valence-corrected chi connectivity index (χ4v) is 2.22. The maximum absolute atomic E-state index is 10.6. The molecule has 1 aromatic rings. The maximum Gasteiger partial charge on any atom is 0.341 e. The number of carboxylic acids is 1. The number of nitrogens with zero attached hydrogens (tertiary/aromatic N) is 1. The highest BCUT2D eigenvalue weighted by molar-refractivity contribution is 5.68. The highest BCUT2D eigenvalue weighted by Crippen LogP contribution is 2.20. The molecular formula is C14H20N2O4. The van der Waals surface area contributed by atoms with Gasteiger partial charge in [-0.15, -0.1) is 0 Å². The summed E-state index contributed by atoms with van der Waals surface area (Å²) >= 11 is 0. The van der Waals surface area contributed by atoms with Crippen molar-refractivity contribution in [3.63, 3.8) is 0 Å². The Hall–Kier alpha value is -1.63. The monoisotopic (exact) mass is 280 g/mol. The maximum atomic E-state index is 10.6. The van der Waals surface area contributed by atoms with Crippen LogP contribution in [0.1, 0.15) is 5.56 Å². The van der Waals surface area contributed by atoms with Gasteiger partial charge < -0.3 is 20.3 Å². The first kappa shape index (κ1) is 14.8. The van der Waals surface area contributed by atoms with Crippen LogP contribution in [0.25, 0.3) is 0 Å². The molecule has 1 aliphatic rings. The van der Waals surface area contributed by atoms with Gasteiger partial charge in [-0.1, -0.05) is 18.2 Å². The van der Waals surface area contributed by atoms with Crippen molar-refractivity contribution >= 4 is 5.97 Å². The second-order valence-corrected chi connectivity index (χ2v) is 4.75. The van der Waals surface area contributed by atoms with Gasteiger partial charge in [0.15, 0.2) is 6.61 Å². The molecule has 1 heterocycles. The van der Waals surface area contributed by atoms with Crippen molar-refractivity contribution in [3.05, 3.63) is 29.8 Å². The van der Waals surface area contributed by atoms with E-state index in [-0.39, 0.29) is 12.7 Å². The Bertz CT molecular complexity index is 453. The molecule has 1 fully saturated rings. The molecule has 0 radical (unpaired) electrons. The fraction of sp³-hybridized carbons (Fsp3) is 0.500. The van der Waals surface area contributed by atoms with Crippen LogP contribution in [-0.2, 0) is 16.1 Å². The van der Waals surface area contributed by atoms with E-state index in [2.05, 4.69) is 4.90 Å². The van der Waals surface area contributed by atoms with Gasteiger partial charge in [-0.3, -0.25) is 4.90 Å². The van der Waals surface area contributed by atoms with Crippen molar-refractivity contribution in [2.24, 2.45) is 5.73 Å². The molecule has 2 rings (SSSR count). The van der Waals surface area contributed by atoms with Crippen molar-refractivity contribution in [1.29, 1.82) is 0 Å². The van der Waals surface area contributed by atoms with Gasteiger partial charge in [-0.05, 0) is 6.07 Å². The van der Waals surface area contributed by atoms with Gasteiger partial charge >= 0.3 is 5.97 Å². The Kier molecular flexibility index (Phi) is 5.34. The lowest BCUT2D eigenvalue weighted by atomic mass is 10.1. The first-order chi connectivity index (χ1) is 9.69. The molecule has 0 bridgehead atoms. The standard InChI is InChI=1S/C14H20N2O4/c15-7-12-9-16(5-6-19-12)8-11-3-1-2-4-13(11)20-10-14(17)18/h1-4,12H,5-10,15H2,(H,17,18). The number of para-hydroxylation sites is 1. The Morgan fingerprint density at radius 3 is 3.05 bits per heavy atom. The fourth-order valence-electron chi connectivity index (χ4n) is 2.22. The first-order valence-electron chi connectivity index (χ1n) is 6.65. The molecule has 0 aliphatic carbocycles. The van der Waals surface area contributed by atoms with E-state index in [0.29, 0.717) is 25.4 Å². The zero-order valence-corrected chi connectivity index (χ0v) is 11.3. The summed E-state index contributed by atoms with van der Waals surface area (Å²) in [7, 11) is 0. The number of carbonyl (C=O) groups is 1. The summed E-state index contributed by atoms with van der Waals surface area (Å²) in [6.07, 6.45) is 0.0656. The molecule has 1 saturated heterocycles. The predicted octanol–water partition coefficient (Wildman–Crippen LogP) is 0.309. The SMILES string of the molecule is NCC1CN(Cc2ccccc2OCC(=O)O)CCO1. The van der Waals surface area contributed by atoms with Crippen LogP contribution in [0.15, 0.2) is 24.3 Å². The third-order valence-electron chi connectivity index (χ3n) is 3.20. The van der Waals surface area contributed by atoms with Gasteiger partial charge in [-0.25, -0.2) is 4.79 Å². The highest BCUT2D eigenvalue weighted by atomic mass is 16.5. The number of carboxylic acid groups (broad SMARTS) is 1. The summed E-state index contributed by atoms with van der Waals surface area (Å²) in [4.78, 5) is 12.8. The van der Waals surface area contributed by atoms with Crippen LogP contribution in [-0.4, -0.2) is 54.9 Å². The Morgan fingerprint density at radius 1 is 1.50 bits per heavy atom. The Labute approximate surface area is 118 Å². The van der Waals surface area contributed by atoms with E-state index in [9.17, 15) is 4.79 Å². The summed E-state index contributed by atoms with van der Waals surface area (Å²) < 4.78 is 10.8. The molecule has 3 N–H and O–H groups in total. The van der Waals surface area contributed by atoms with Crippen LogP contribution in [0.5, 0.6) is 5.75 Å². The normalized spacial score (nSPS) is 19.8. The smallest absolute Gasteiger partial charge is 0.341 e. The number of nitrogens with two attached hydrogens (primary N) is 1. The van der Waals surface area contributed by atoms with Gasteiger partial charge in [0.2, 0.25) is 0 Å². The van der Waals surface area contributed by atoms with Crippen LogP contribution in [0.4, 0.5) is 0 Å². The number of hydrogen-bond acceptors (Lipinski definition) is 5. The number of hydrogen-bond donors (Lipinski definition) is 2.